The number of carbonyl (C=O) groups excluding carboxylic acids is 1. The molecule has 0 aliphatic rings. The van der Waals surface area contributed by atoms with Gasteiger partial charge >= 0.3 is 6.18 Å². The zero-order valence-electron chi connectivity index (χ0n) is 17.8. The molecule has 7 nitrogen and oxygen atoms in total. The van der Waals surface area contributed by atoms with Gasteiger partial charge in [0.15, 0.2) is 12.6 Å². The van der Waals surface area contributed by atoms with Gasteiger partial charge < -0.3 is 20.7 Å². The summed E-state index contributed by atoms with van der Waals surface area (Å²) in [6.45, 7) is 2.01. The first-order valence-electron chi connectivity index (χ1n) is 9.78. The molecule has 176 valence electrons. The highest BCUT2D eigenvalue weighted by Crippen LogP contribution is 2.17. The molecule has 0 unspecified atom stereocenters. The maximum atomic E-state index is 12.3. The Hall–Kier alpha value is -2.57. The molecule has 0 atom stereocenters. The second kappa shape index (κ2) is 13.8. The predicted molar refractivity (Wildman–Crippen MR) is 128 cm³/mol. The highest BCUT2D eigenvalue weighted by atomic mass is 127. The largest absolute Gasteiger partial charge is 0.468 e. The van der Waals surface area contributed by atoms with Crippen molar-refractivity contribution in [1.29, 1.82) is 0 Å². The Morgan fingerprint density at radius 3 is 2.62 bits per heavy atom. The van der Waals surface area contributed by atoms with Crippen molar-refractivity contribution < 1.29 is 22.7 Å². The molecule has 1 heterocycles. The third-order valence-corrected chi connectivity index (χ3v) is 4.07. The van der Waals surface area contributed by atoms with Crippen molar-refractivity contribution in [3.63, 3.8) is 0 Å². The molecule has 0 radical (unpaired) electrons. The lowest BCUT2D eigenvalue weighted by atomic mass is 10.1. The Balaban J connectivity index is 0.00000512. The fraction of sp³-hybridized carbons (Fsp3) is 0.381. The molecule has 0 aliphatic heterocycles. The highest BCUT2D eigenvalue weighted by Gasteiger charge is 2.28. The van der Waals surface area contributed by atoms with Crippen LogP contribution in [-0.4, -0.2) is 49.8 Å². The van der Waals surface area contributed by atoms with Gasteiger partial charge in [-0.15, -0.1) is 24.0 Å². The van der Waals surface area contributed by atoms with Gasteiger partial charge in [0.2, 0.25) is 5.88 Å². The van der Waals surface area contributed by atoms with Crippen molar-refractivity contribution in [1.82, 2.24) is 20.9 Å². The number of aromatic nitrogens is 1. The number of hydrogen-bond donors (Lipinski definition) is 3. The van der Waals surface area contributed by atoms with Gasteiger partial charge in [-0.05, 0) is 42.7 Å². The number of alkyl halides is 3. The van der Waals surface area contributed by atoms with Crippen LogP contribution < -0.4 is 20.7 Å². The molecule has 32 heavy (non-hydrogen) atoms. The number of halogens is 4. The van der Waals surface area contributed by atoms with E-state index >= 15 is 0 Å². The van der Waals surface area contributed by atoms with Gasteiger partial charge in [0.1, 0.15) is 0 Å². The lowest BCUT2D eigenvalue weighted by Crippen LogP contribution is -2.38. The molecule has 2 aromatic rings. The van der Waals surface area contributed by atoms with Gasteiger partial charge in [-0.1, -0.05) is 12.1 Å². The topological polar surface area (TPSA) is 87.6 Å². The van der Waals surface area contributed by atoms with Crippen LogP contribution in [0.1, 0.15) is 28.4 Å². The van der Waals surface area contributed by atoms with E-state index < -0.39 is 12.8 Å². The smallest absolute Gasteiger partial charge is 0.422 e. The molecule has 11 heteroatoms. The summed E-state index contributed by atoms with van der Waals surface area (Å²) < 4.78 is 41.5. The first-order chi connectivity index (χ1) is 14.8. The fourth-order valence-electron chi connectivity index (χ4n) is 2.63. The van der Waals surface area contributed by atoms with E-state index in [0.29, 0.717) is 36.6 Å². The average Bonchev–Trinajstić information content (AvgIpc) is 2.75. The number of hydrogen-bond acceptors (Lipinski definition) is 4. The van der Waals surface area contributed by atoms with Gasteiger partial charge in [0.25, 0.3) is 5.91 Å². The van der Waals surface area contributed by atoms with Crippen LogP contribution >= 0.6 is 24.0 Å². The van der Waals surface area contributed by atoms with Gasteiger partial charge in [-0.3, -0.25) is 4.79 Å². The lowest BCUT2D eigenvalue weighted by molar-refractivity contribution is -0.154. The van der Waals surface area contributed by atoms with Crippen molar-refractivity contribution in [2.45, 2.75) is 26.1 Å². The van der Waals surface area contributed by atoms with Crippen LogP contribution in [0.2, 0.25) is 0 Å². The van der Waals surface area contributed by atoms with Gasteiger partial charge in [-0.25, -0.2) is 9.98 Å². The summed E-state index contributed by atoms with van der Waals surface area (Å²) in [5, 5.41) is 8.92. The number of rotatable bonds is 9. The SMILES string of the molecule is CCNC(=NCc1ccnc(OCC(F)(F)F)c1)NCCc1cccc(C(=O)NC)c1.I. The number of amides is 1. The number of ether oxygens (including phenoxy) is 1. The maximum absolute atomic E-state index is 12.3. The van der Waals surface area contributed by atoms with Crippen molar-refractivity contribution in [2.75, 3.05) is 26.7 Å². The number of pyridine rings is 1. The summed E-state index contributed by atoms with van der Waals surface area (Å²) >= 11 is 0. The Labute approximate surface area is 202 Å². The molecule has 0 bridgehead atoms. The first kappa shape index (κ1) is 27.5. The van der Waals surface area contributed by atoms with Crippen LogP contribution in [-0.2, 0) is 13.0 Å². The second-order valence-electron chi connectivity index (χ2n) is 6.56. The molecule has 3 N–H and O–H groups in total. The van der Waals surface area contributed by atoms with E-state index in [0.717, 1.165) is 5.56 Å². The highest BCUT2D eigenvalue weighted by molar-refractivity contribution is 14.0. The third kappa shape index (κ3) is 10.2. The van der Waals surface area contributed by atoms with Crippen molar-refractivity contribution in [2.24, 2.45) is 4.99 Å². The summed E-state index contributed by atoms with van der Waals surface area (Å²) in [6, 6.07) is 10.5. The average molecular weight is 565 g/mol. The summed E-state index contributed by atoms with van der Waals surface area (Å²) in [6.07, 6.45) is -2.35. The molecule has 0 aliphatic carbocycles. The number of aliphatic imine (C=N–C) groups is 1. The summed E-state index contributed by atoms with van der Waals surface area (Å²) in [5.74, 6) is 0.333. The van der Waals surface area contributed by atoms with Crippen molar-refractivity contribution in [3.05, 3.63) is 59.3 Å². The maximum Gasteiger partial charge on any atom is 0.422 e. The molecular weight excluding hydrogens is 538 g/mol. The quantitative estimate of drug-likeness (QED) is 0.247. The molecule has 1 aromatic heterocycles. The van der Waals surface area contributed by atoms with Crippen LogP contribution in [0.25, 0.3) is 0 Å². The molecule has 0 spiro atoms. The van der Waals surface area contributed by atoms with Gasteiger partial charge in [-0.2, -0.15) is 13.2 Å². The first-order valence-corrected chi connectivity index (χ1v) is 9.78. The molecule has 0 saturated carbocycles. The number of nitrogens with one attached hydrogen (secondary N) is 3. The van der Waals surface area contributed by atoms with Crippen LogP contribution in [0.15, 0.2) is 47.6 Å². The summed E-state index contributed by atoms with van der Waals surface area (Å²) in [4.78, 5) is 20.0. The van der Waals surface area contributed by atoms with Crippen LogP contribution in [0.5, 0.6) is 5.88 Å². The third-order valence-electron chi connectivity index (χ3n) is 4.07. The second-order valence-corrected chi connectivity index (χ2v) is 6.56. The minimum atomic E-state index is -4.42. The van der Waals surface area contributed by atoms with Crippen LogP contribution in [0.3, 0.4) is 0 Å². The minimum Gasteiger partial charge on any atom is -0.468 e. The van der Waals surface area contributed by atoms with Crippen LogP contribution in [0.4, 0.5) is 13.2 Å². The Kier molecular flexibility index (Phi) is 11.8. The standard InChI is InChI=1S/C21H26F3N5O2.HI/c1-3-26-20(28-10-7-15-5-4-6-17(11-15)19(30)25-2)29-13-16-8-9-27-18(12-16)31-14-21(22,23)24;/h4-6,8-9,11-12H,3,7,10,13-14H2,1-2H3,(H,25,30)(H2,26,28,29);1H. The normalized spacial score (nSPS) is 11.3. The van der Waals surface area contributed by atoms with Crippen molar-refractivity contribution in [3.8, 4) is 5.88 Å². The molecule has 1 amide bonds. The molecule has 0 saturated heterocycles. The fourth-order valence-corrected chi connectivity index (χ4v) is 2.63. The molecule has 0 fully saturated rings. The Morgan fingerprint density at radius 2 is 1.94 bits per heavy atom. The molecule has 2 rings (SSSR count). The summed E-state index contributed by atoms with van der Waals surface area (Å²) in [5.41, 5.74) is 2.27. The lowest BCUT2D eigenvalue weighted by Gasteiger charge is -2.12. The summed E-state index contributed by atoms with van der Waals surface area (Å²) in [7, 11) is 1.59. The molecule has 1 aromatic carbocycles. The Morgan fingerprint density at radius 1 is 1.16 bits per heavy atom. The van der Waals surface area contributed by atoms with E-state index in [4.69, 9.17) is 0 Å². The van der Waals surface area contributed by atoms with E-state index in [-0.39, 0.29) is 42.3 Å². The van der Waals surface area contributed by atoms with E-state index in [1.807, 2.05) is 25.1 Å². The molecular formula is C21H27F3IN5O2. The van der Waals surface area contributed by atoms with Gasteiger partial charge in [0, 0.05) is 38.0 Å². The zero-order valence-corrected chi connectivity index (χ0v) is 20.2. The predicted octanol–water partition coefficient (Wildman–Crippen LogP) is 3.30. The number of nitrogens with zero attached hydrogens (tertiary/aromatic N) is 2. The number of guanidine groups is 1. The number of carbonyl (C=O) groups is 1. The van der Waals surface area contributed by atoms with Crippen molar-refractivity contribution >= 4 is 35.8 Å². The minimum absolute atomic E-state index is 0. The van der Waals surface area contributed by atoms with E-state index in [9.17, 15) is 18.0 Å². The van der Waals surface area contributed by atoms with E-state index in [2.05, 4.69) is 30.7 Å². The van der Waals surface area contributed by atoms with E-state index in [1.165, 1.54) is 12.3 Å². The Bertz CT molecular complexity index is 894. The van der Waals surface area contributed by atoms with Gasteiger partial charge in [0.05, 0.1) is 6.54 Å². The van der Waals surface area contributed by atoms with E-state index in [1.54, 1.807) is 19.2 Å². The number of benzene rings is 1. The van der Waals surface area contributed by atoms with Crippen LogP contribution in [0, 0.1) is 0 Å². The monoisotopic (exact) mass is 565 g/mol. The zero-order chi connectivity index (χ0) is 22.7.